The van der Waals surface area contributed by atoms with Crippen molar-refractivity contribution in [1.82, 2.24) is 5.16 Å². The summed E-state index contributed by atoms with van der Waals surface area (Å²) in [5, 5.41) is 25.2. The van der Waals surface area contributed by atoms with Crippen LogP contribution in [0.25, 0.3) is 17.3 Å². The van der Waals surface area contributed by atoms with E-state index in [4.69, 9.17) is 9.63 Å². The van der Waals surface area contributed by atoms with Crippen molar-refractivity contribution >= 4 is 17.7 Å². The number of aromatic carboxylic acids is 1. The van der Waals surface area contributed by atoms with E-state index >= 15 is 0 Å². The lowest BCUT2D eigenvalue weighted by molar-refractivity contribution is 0.0697. The van der Waals surface area contributed by atoms with Gasteiger partial charge in [0.25, 0.3) is 0 Å². The molecular formula is C19H13N3O3. The maximum atomic E-state index is 10.8. The summed E-state index contributed by atoms with van der Waals surface area (Å²) in [6, 6.07) is 17.7. The summed E-state index contributed by atoms with van der Waals surface area (Å²) in [5.74, 6) is -0.633. The first-order valence-corrected chi connectivity index (χ1v) is 7.40. The molecule has 1 aromatic heterocycles. The zero-order valence-corrected chi connectivity index (χ0v) is 13.0. The first-order chi connectivity index (χ1) is 12.2. The number of carboxylic acids is 1. The van der Waals surface area contributed by atoms with Crippen LogP contribution in [-0.2, 0) is 0 Å². The van der Waals surface area contributed by atoms with Crippen LogP contribution in [0.3, 0.4) is 0 Å². The van der Waals surface area contributed by atoms with Crippen LogP contribution >= 0.6 is 0 Å². The molecule has 122 valence electrons. The Balaban J connectivity index is 1.77. The van der Waals surface area contributed by atoms with Gasteiger partial charge in [-0.2, -0.15) is 5.26 Å². The predicted molar refractivity (Wildman–Crippen MR) is 92.7 cm³/mol. The minimum absolute atomic E-state index is 0.212. The number of carboxylic acid groups (broad SMARTS) is 1. The van der Waals surface area contributed by atoms with Gasteiger partial charge in [-0.15, -0.1) is 0 Å². The lowest BCUT2D eigenvalue weighted by Crippen LogP contribution is -1.96. The predicted octanol–water partition coefficient (Wildman–Crippen LogP) is 3.99. The maximum absolute atomic E-state index is 10.8. The number of nitrogens with one attached hydrogen (secondary N) is 1. The molecule has 6 heteroatoms. The zero-order valence-electron chi connectivity index (χ0n) is 13.0. The molecule has 0 aliphatic heterocycles. The molecule has 0 spiro atoms. The molecule has 1 heterocycles. The molecule has 25 heavy (non-hydrogen) atoms. The average Bonchev–Trinajstić information content (AvgIpc) is 3.06. The first kappa shape index (κ1) is 16.0. The Morgan fingerprint density at radius 2 is 1.88 bits per heavy atom. The number of anilines is 1. The molecule has 0 saturated heterocycles. The third kappa shape index (κ3) is 3.57. The molecule has 0 radical (unpaired) electrons. The van der Waals surface area contributed by atoms with E-state index in [-0.39, 0.29) is 5.56 Å². The number of hydrogen-bond donors (Lipinski definition) is 2. The highest BCUT2D eigenvalue weighted by Crippen LogP contribution is 2.25. The van der Waals surface area contributed by atoms with Gasteiger partial charge in [0.15, 0.2) is 5.76 Å². The van der Waals surface area contributed by atoms with Gasteiger partial charge in [-0.1, -0.05) is 35.5 Å². The molecule has 0 atom stereocenters. The van der Waals surface area contributed by atoms with E-state index in [0.717, 1.165) is 5.56 Å². The lowest BCUT2D eigenvalue weighted by atomic mass is 10.1. The third-order valence-electron chi connectivity index (χ3n) is 3.49. The minimum Gasteiger partial charge on any atom is -0.478 e. The lowest BCUT2D eigenvalue weighted by Gasteiger charge is -2.00. The standard InChI is InChI=1S/C19H13N3O3/c20-12-16-17(25-22-18(16)13-4-2-1-3-5-13)10-11-21-15-8-6-14(7-9-15)19(23)24/h1-11,21H,(H,23,24)/b11-10+. The van der Waals surface area contributed by atoms with Crippen LogP contribution in [0.1, 0.15) is 21.7 Å². The maximum Gasteiger partial charge on any atom is 0.335 e. The molecule has 6 nitrogen and oxygen atoms in total. The van der Waals surface area contributed by atoms with E-state index in [1.54, 1.807) is 24.4 Å². The minimum atomic E-state index is -0.976. The number of hydrogen-bond acceptors (Lipinski definition) is 5. The van der Waals surface area contributed by atoms with Crippen LogP contribution in [0.15, 0.2) is 65.3 Å². The molecule has 0 aliphatic carbocycles. The van der Waals surface area contributed by atoms with E-state index in [1.807, 2.05) is 30.3 Å². The Morgan fingerprint density at radius 1 is 1.16 bits per heavy atom. The van der Waals surface area contributed by atoms with Gasteiger partial charge in [0, 0.05) is 23.5 Å². The van der Waals surface area contributed by atoms with Gasteiger partial charge in [-0.05, 0) is 24.3 Å². The van der Waals surface area contributed by atoms with Crippen LogP contribution in [0.4, 0.5) is 5.69 Å². The highest BCUT2D eigenvalue weighted by molar-refractivity contribution is 5.88. The average molecular weight is 331 g/mol. The fourth-order valence-electron chi connectivity index (χ4n) is 2.24. The van der Waals surface area contributed by atoms with Crippen molar-refractivity contribution in [3.63, 3.8) is 0 Å². The van der Waals surface area contributed by atoms with Gasteiger partial charge in [-0.25, -0.2) is 4.79 Å². The van der Waals surface area contributed by atoms with Crippen molar-refractivity contribution in [3.8, 4) is 17.3 Å². The van der Waals surface area contributed by atoms with Crippen molar-refractivity contribution < 1.29 is 14.4 Å². The Bertz CT molecular complexity index is 952. The summed E-state index contributed by atoms with van der Waals surface area (Å²) < 4.78 is 5.25. The molecule has 2 N–H and O–H groups in total. The first-order valence-electron chi connectivity index (χ1n) is 7.40. The van der Waals surface area contributed by atoms with Crippen molar-refractivity contribution in [3.05, 3.63) is 77.7 Å². The third-order valence-corrected chi connectivity index (χ3v) is 3.49. The monoisotopic (exact) mass is 331 g/mol. The highest BCUT2D eigenvalue weighted by atomic mass is 16.5. The summed E-state index contributed by atoms with van der Waals surface area (Å²) in [7, 11) is 0. The quantitative estimate of drug-likeness (QED) is 0.733. The summed E-state index contributed by atoms with van der Waals surface area (Å²) in [4.78, 5) is 10.8. The number of benzene rings is 2. The van der Waals surface area contributed by atoms with Crippen LogP contribution in [0, 0.1) is 11.3 Å². The topological polar surface area (TPSA) is 99.2 Å². The molecule has 0 aliphatic rings. The Hall–Kier alpha value is -3.85. The molecule has 0 saturated carbocycles. The number of carbonyl (C=O) groups is 1. The number of nitriles is 1. The number of rotatable bonds is 5. The summed E-state index contributed by atoms with van der Waals surface area (Å²) >= 11 is 0. The summed E-state index contributed by atoms with van der Waals surface area (Å²) in [5.41, 5.74) is 2.57. The number of nitrogens with zero attached hydrogens (tertiary/aromatic N) is 2. The van der Waals surface area contributed by atoms with Crippen molar-refractivity contribution in [2.45, 2.75) is 0 Å². The van der Waals surface area contributed by atoms with Crippen molar-refractivity contribution in [2.75, 3.05) is 5.32 Å². The molecular weight excluding hydrogens is 318 g/mol. The molecule has 0 bridgehead atoms. The summed E-state index contributed by atoms with van der Waals surface area (Å²) in [6.45, 7) is 0. The largest absolute Gasteiger partial charge is 0.478 e. The van der Waals surface area contributed by atoms with E-state index in [1.165, 1.54) is 12.1 Å². The van der Waals surface area contributed by atoms with Crippen LogP contribution in [-0.4, -0.2) is 16.2 Å². The SMILES string of the molecule is N#Cc1c(-c2ccccc2)noc1/C=C/Nc1ccc(C(=O)O)cc1. The van der Waals surface area contributed by atoms with E-state index in [0.29, 0.717) is 22.7 Å². The van der Waals surface area contributed by atoms with Crippen LogP contribution in [0.5, 0.6) is 0 Å². The zero-order chi connectivity index (χ0) is 17.6. The molecule has 0 amide bonds. The molecule has 3 aromatic rings. The van der Waals surface area contributed by atoms with Gasteiger partial charge < -0.3 is 14.9 Å². The van der Waals surface area contributed by atoms with Crippen LogP contribution in [0.2, 0.25) is 0 Å². The van der Waals surface area contributed by atoms with Crippen molar-refractivity contribution in [2.24, 2.45) is 0 Å². The summed E-state index contributed by atoms with van der Waals surface area (Å²) in [6.07, 6.45) is 3.20. The van der Waals surface area contributed by atoms with Gasteiger partial charge in [0.2, 0.25) is 0 Å². The fraction of sp³-hybridized carbons (Fsp3) is 0. The van der Waals surface area contributed by atoms with Crippen LogP contribution < -0.4 is 5.32 Å². The van der Waals surface area contributed by atoms with E-state index in [9.17, 15) is 10.1 Å². The fourth-order valence-corrected chi connectivity index (χ4v) is 2.24. The second-order valence-electron chi connectivity index (χ2n) is 5.11. The van der Waals surface area contributed by atoms with Gasteiger partial charge in [-0.3, -0.25) is 0 Å². The molecule has 3 rings (SSSR count). The normalized spacial score (nSPS) is 10.5. The smallest absolute Gasteiger partial charge is 0.335 e. The number of aromatic nitrogens is 1. The van der Waals surface area contributed by atoms with Gasteiger partial charge in [0.1, 0.15) is 17.3 Å². The Labute approximate surface area is 143 Å². The molecule has 2 aromatic carbocycles. The second-order valence-corrected chi connectivity index (χ2v) is 5.11. The molecule has 0 unspecified atom stereocenters. The van der Waals surface area contributed by atoms with E-state index < -0.39 is 5.97 Å². The Morgan fingerprint density at radius 3 is 2.52 bits per heavy atom. The van der Waals surface area contributed by atoms with E-state index in [2.05, 4.69) is 16.5 Å². The Kier molecular flexibility index (Phi) is 4.58. The molecule has 0 fully saturated rings. The van der Waals surface area contributed by atoms with Crippen molar-refractivity contribution in [1.29, 1.82) is 5.26 Å². The van der Waals surface area contributed by atoms with Gasteiger partial charge >= 0.3 is 5.97 Å². The second kappa shape index (κ2) is 7.15. The highest BCUT2D eigenvalue weighted by Gasteiger charge is 2.15. The van der Waals surface area contributed by atoms with Gasteiger partial charge in [0.05, 0.1) is 5.56 Å².